The maximum absolute atomic E-state index is 11.4. The summed E-state index contributed by atoms with van der Waals surface area (Å²) < 4.78 is 5.03. The van der Waals surface area contributed by atoms with Crippen LogP contribution < -0.4 is 0 Å². The quantitative estimate of drug-likeness (QED) is 0.297. The molecular weight excluding hydrogens is 206 g/mol. The summed E-state index contributed by atoms with van der Waals surface area (Å²) in [5, 5.41) is 9.61. The zero-order chi connectivity index (χ0) is 12.6. The summed E-state index contributed by atoms with van der Waals surface area (Å²) in [6, 6.07) is 0.0618. The van der Waals surface area contributed by atoms with E-state index in [0.29, 0.717) is 6.61 Å². The standard InChI is InChI=1S/C12H23NO3/c1-5-7-8-16-12(15)9-13(10(3)4)11(14)6-2/h6,10-11,14H,2,5,7-9H2,1,3-4H3. The van der Waals surface area contributed by atoms with Crippen LogP contribution in [0.1, 0.15) is 33.6 Å². The molecule has 16 heavy (non-hydrogen) atoms. The Bertz CT molecular complexity index is 216. The normalized spacial score (nSPS) is 12.9. The Kier molecular flexibility index (Phi) is 7.85. The van der Waals surface area contributed by atoms with Gasteiger partial charge in [-0.1, -0.05) is 19.9 Å². The Morgan fingerprint density at radius 3 is 2.62 bits per heavy atom. The predicted molar refractivity (Wildman–Crippen MR) is 63.9 cm³/mol. The lowest BCUT2D eigenvalue weighted by Crippen LogP contribution is -2.43. The number of carbonyl (C=O) groups excluding carboxylic acids is 1. The van der Waals surface area contributed by atoms with Gasteiger partial charge in [0.05, 0.1) is 13.2 Å². The lowest BCUT2D eigenvalue weighted by Gasteiger charge is -2.28. The Morgan fingerprint density at radius 2 is 2.19 bits per heavy atom. The molecule has 0 heterocycles. The Balaban J connectivity index is 4.08. The maximum Gasteiger partial charge on any atom is 0.320 e. The molecule has 0 aromatic heterocycles. The molecule has 0 amide bonds. The molecule has 0 fully saturated rings. The number of unbranched alkanes of at least 4 members (excludes halogenated alkanes) is 1. The highest BCUT2D eigenvalue weighted by molar-refractivity contribution is 5.71. The zero-order valence-corrected chi connectivity index (χ0v) is 10.5. The minimum atomic E-state index is -0.807. The highest BCUT2D eigenvalue weighted by Crippen LogP contribution is 2.04. The third-order valence-electron chi connectivity index (χ3n) is 2.29. The number of hydrogen-bond acceptors (Lipinski definition) is 4. The molecule has 4 heteroatoms. The van der Waals surface area contributed by atoms with Crippen LogP contribution in [-0.4, -0.2) is 41.4 Å². The fraction of sp³-hybridized carbons (Fsp3) is 0.750. The van der Waals surface area contributed by atoms with E-state index in [1.165, 1.54) is 6.08 Å². The second kappa shape index (κ2) is 8.30. The van der Waals surface area contributed by atoms with E-state index in [2.05, 4.69) is 6.58 Å². The van der Waals surface area contributed by atoms with E-state index in [0.717, 1.165) is 12.8 Å². The van der Waals surface area contributed by atoms with E-state index in [4.69, 9.17) is 4.74 Å². The number of hydrogen-bond donors (Lipinski definition) is 1. The van der Waals surface area contributed by atoms with Gasteiger partial charge in [-0.05, 0) is 26.3 Å². The highest BCUT2D eigenvalue weighted by Gasteiger charge is 2.19. The first-order valence-electron chi connectivity index (χ1n) is 5.74. The van der Waals surface area contributed by atoms with Crippen molar-refractivity contribution in [2.45, 2.75) is 45.9 Å². The summed E-state index contributed by atoms with van der Waals surface area (Å²) in [6.07, 6.45) is 2.46. The molecule has 4 nitrogen and oxygen atoms in total. The summed E-state index contributed by atoms with van der Waals surface area (Å²) >= 11 is 0. The maximum atomic E-state index is 11.4. The van der Waals surface area contributed by atoms with Gasteiger partial charge in [0.1, 0.15) is 6.23 Å². The second-order valence-electron chi connectivity index (χ2n) is 3.99. The smallest absolute Gasteiger partial charge is 0.320 e. The molecule has 0 saturated carbocycles. The topological polar surface area (TPSA) is 49.8 Å². The fourth-order valence-corrected chi connectivity index (χ4v) is 1.24. The summed E-state index contributed by atoms with van der Waals surface area (Å²) in [5.41, 5.74) is 0. The molecule has 94 valence electrons. The number of carbonyl (C=O) groups is 1. The molecule has 1 unspecified atom stereocenters. The monoisotopic (exact) mass is 229 g/mol. The first-order chi connectivity index (χ1) is 7.52. The number of nitrogens with zero attached hydrogens (tertiary/aromatic N) is 1. The molecule has 0 aliphatic heterocycles. The van der Waals surface area contributed by atoms with Crippen LogP contribution in [0.4, 0.5) is 0 Å². The third-order valence-corrected chi connectivity index (χ3v) is 2.29. The molecule has 0 saturated heterocycles. The van der Waals surface area contributed by atoms with Gasteiger partial charge in [0, 0.05) is 6.04 Å². The molecule has 0 bridgehead atoms. The minimum absolute atomic E-state index is 0.0618. The Hall–Kier alpha value is -0.870. The van der Waals surface area contributed by atoms with E-state index in [1.807, 2.05) is 20.8 Å². The van der Waals surface area contributed by atoms with Gasteiger partial charge in [0.15, 0.2) is 0 Å². The zero-order valence-electron chi connectivity index (χ0n) is 10.5. The molecule has 0 spiro atoms. The molecule has 1 atom stereocenters. The summed E-state index contributed by atoms with van der Waals surface area (Å²) in [4.78, 5) is 13.1. The highest BCUT2D eigenvalue weighted by atomic mass is 16.5. The molecule has 1 N–H and O–H groups in total. The molecule has 0 aromatic rings. The van der Waals surface area contributed by atoms with E-state index < -0.39 is 6.23 Å². The molecule has 0 radical (unpaired) electrons. The van der Waals surface area contributed by atoms with Crippen LogP contribution in [0.15, 0.2) is 12.7 Å². The van der Waals surface area contributed by atoms with E-state index in [-0.39, 0.29) is 18.6 Å². The van der Waals surface area contributed by atoms with Gasteiger partial charge in [-0.3, -0.25) is 9.69 Å². The lowest BCUT2D eigenvalue weighted by molar-refractivity contribution is -0.148. The van der Waals surface area contributed by atoms with Gasteiger partial charge in [0.25, 0.3) is 0 Å². The van der Waals surface area contributed by atoms with Crippen LogP contribution in [0.3, 0.4) is 0 Å². The van der Waals surface area contributed by atoms with Crippen molar-refractivity contribution < 1.29 is 14.6 Å². The fourth-order valence-electron chi connectivity index (χ4n) is 1.24. The number of ether oxygens (including phenoxy) is 1. The number of aliphatic hydroxyl groups is 1. The summed E-state index contributed by atoms with van der Waals surface area (Å²) in [7, 11) is 0. The molecule has 0 rings (SSSR count). The van der Waals surface area contributed by atoms with E-state index >= 15 is 0 Å². The van der Waals surface area contributed by atoms with E-state index in [9.17, 15) is 9.90 Å². The van der Waals surface area contributed by atoms with Crippen molar-refractivity contribution in [3.63, 3.8) is 0 Å². The van der Waals surface area contributed by atoms with Crippen molar-refractivity contribution in [2.75, 3.05) is 13.2 Å². The van der Waals surface area contributed by atoms with Crippen LogP contribution in [0.25, 0.3) is 0 Å². The molecule has 0 aromatic carbocycles. The van der Waals surface area contributed by atoms with Crippen molar-refractivity contribution in [3.8, 4) is 0 Å². The Labute approximate surface area is 97.9 Å². The minimum Gasteiger partial charge on any atom is -0.465 e. The molecule has 0 aliphatic rings. The van der Waals surface area contributed by atoms with Crippen molar-refractivity contribution in [3.05, 3.63) is 12.7 Å². The second-order valence-corrected chi connectivity index (χ2v) is 3.99. The van der Waals surface area contributed by atoms with Crippen molar-refractivity contribution in [1.82, 2.24) is 4.90 Å². The van der Waals surface area contributed by atoms with Gasteiger partial charge in [-0.25, -0.2) is 0 Å². The van der Waals surface area contributed by atoms with Crippen LogP contribution >= 0.6 is 0 Å². The largest absolute Gasteiger partial charge is 0.465 e. The average Bonchev–Trinajstić information content (AvgIpc) is 2.25. The predicted octanol–water partition coefficient (Wildman–Crippen LogP) is 1.54. The van der Waals surface area contributed by atoms with Gasteiger partial charge in [-0.2, -0.15) is 0 Å². The van der Waals surface area contributed by atoms with Crippen LogP contribution in [0.5, 0.6) is 0 Å². The van der Waals surface area contributed by atoms with E-state index in [1.54, 1.807) is 4.90 Å². The van der Waals surface area contributed by atoms with Crippen molar-refractivity contribution in [1.29, 1.82) is 0 Å². The average molecular weight is 229 g/mol. The van der Waals surface area contributed by atoms with Crippen LogP contribution in [-0.2, 0) is 9.53 Å². The van der Waals surface area contributed by atoms with Crippen molar-refractivity contribution in [2.24, 2.45) is 0 Å². The van der Waals surface area contributed by atoms with Gasteiger partial charge in [-0.15, -0.1) is 0 Å². The molecule has 0 aliphatic carbocycles. The molecular formula is C12H23NO3. The number of esters is 1. The van der Waals surface area contributed by atoms with Gasteiger partial charge in [0.2, 0.25) is 0 Å². The van der Waals surface area contributed by atoms with Crippen LogP contribution in [0, 0.1) is 0 Å². The lowest BCUT2D eigenvalue weighted by atomic mass is 10.3. The summed E-state index contributed by atoms with van der Waals surface area (Å²) in [5.74, 6) is -0.303. The third kappa shape index (κ3) is 5.88. The first-order valence-corrected chi connectivity index (χ1v) is 5.74. The first kappa shape index (κ1) is 15.1. The number of rotatable bonds is 8. The van der Waals surface area contributed by atoms with Crippen molar-refractivity contribution >= 4 is 5.97 Å². The number of aliphatic hydroxyl groups excluding tert-OH is 1. The Morgan fingerprint density at radius 1 is 1.56 bits per heavy atom. The SMILES string of the molecule is C=CC(O)N(CC(=O)OCCCC)C(C)C. The summed E-state index contributed by atoms with van der Waals surface area (Å²) in [6.45, 7) is 9.90. The van der Waals surface area contributed by atoms with Gasteiger partial charge < -0.3 is 9.84 Å². The van der Waals surface area contributed by atoms with Crippen LogP contribution in [0.2, 0.25) is 0 Å². The van der Waals surface area contributed by atoms with Gasteiger partial charge >= 0.3 is 5.97 Å².